The van der Waals surface area contributed by atoms with E-state index in [1.807, 2.05) is 68.1 Å². The molecule has 0 fully saturated rings. The van der Waals surface area contributed by atoms with Crippen molar-refractivity contribution in [3.8, 4) is 5.69 Å². The monoisotopic (exact) mass is 410 g/mol. The maximum atomic E-state index is 13.0. The number of para-hydroxylation sites is 1. The molecule has 2 heterocycles. The van der Waals surface area contributed by atoms with Crippen molar-refractivity contribution in [3.63, 3.8) is 0 Å². The number of carbonyl (C=O) groups is 1. The summed E-state index contributed by atoms with van der Waals surface area (Å²) in [6, 6.07) is 15.5. The number of likely N-dealkylation sites (N-methyl/N-ethyl adjacent to an activating group) is 1. The molecule has 0 bridgehead atoms. The minimum absolute atomic E-state index is 0.0410. The largest absolute Gasteiger partial charge is 0.318 e. The number of amides is 1. The molecule has 1 aromatic heterocycles. The van der Waals surface area contributed by atoms with Crippen molar-refractivity contribution in [1.29, 1.82) is 0 Å². The molecule has 3 nitrogen and oxygen atoms in total. The quantitative estimate of drug-likeness (QED) is 0.464. The van der Waals surface area contributed by atoms with Crippen LogP contribution in [0.3, 0.4) is 0 Å². The van der Waals surface area contributed by atoms with Gasteiger partial charge in [0, 0.05) is 44.8 Å². The number of rotatable bonds is 3. The Labute approximate surface area is 174 Å². The third kappa shape index (κ3) is 3.05. The Morgan fingerprint density at radius 2 is 1.68 bits per heavy atom. The molecule has 0 saturated carbocycles. The Bertz CT molecular complexity index is 1110. The molecule has 1 aliphatic heterocycles. The van der Waals surface area contributed by atoms with Crippen LogP contribution < -0.4 is 4.90 Å². The zero-order chi connectivity index (χ0) is 20.0. The topological polar surface area (TPSA) is 25.2 Å². The van der Waals surface area contributed by atoms with Gasteiger partial charge in [0.25, 0.3) is 5.91 Å². The normalized spacial score (nSPS) is 14.8. The van der Waals surface area contributed by atoms with Crippen molar-refractivity contribution in [1.82, 2.24) is 4.57 Å². The lowest BCUT2D eigenvalue weighted by molar-refractivity contribution is -0.112. The van der Waals surface area contributed by atoms with E-state index in [2.05, 4.69) is 10.6 Å². The average Bonchev–Trinajstić information content (AvgIpc) is 3.08. The lowest BCUT2D eigenvalue weighted by Gasteiger charge is -2.13. The second-order valence-electron chi connectivity index (χ2n) is 6.91. The van der Waals surface area contributed by atoms with E-state index in [0.717, 1.165) is 39.5 Å². The maximum absolute atomic E-state index is 13.0. The fraction of sp³-hybridized carbons (Fsp3) is 0.174. The number of anilines is 1. The van der Waals surface area contributed by atoms with Crippen LogP contribution in [-0.4, -0.2) is 17.0 Å². The summed E-state index contributed by atoms with van der Waals surface area (Å²) in [5, 5.41) is 1.18. The van der Waals surface area contributed by atoms with E-state index in [4.69, 9.17) is 23.2 Å². The minimum Gasteiger partial charge on any atom is -0.318 e. The number of aryl methyl sites for hydroxylation is 1. The van der Waals surface area contributed by atoms with Crippen molar-refractivity contribution < 1.29 is 4.79 Å². The third-order valence-electron chi connectivity index (χ3n) is 5.15. The first-order valence-electron chi connectivity index (χ1n) is 9.19. The maximum Gasteiger partial charge on any atom is 0.258 e. The van der Waals surface area contributed by atoms with Gasteiger partial charge in [0.2, 0.25) is 0 Å². The van der Waals surface area contributed by atoms with Crippen LogP contribution in [0.4, 0.5) is 5.69 Å². The van der Waals surface area contributed by atoms with Crippen LogP contribution in [0, 0.1) is 13.8 Å². The molecule has 1 aliphatic rings. The lowest BCUT2D eigenvalue weighted by atomic mass is 10.0. The molecule has 1 amide bonds. The molecule has 28 heavy (non-hydrogen) atoms. The summed E-state index contributed by atoms with van der Waals surface area (Å²) in [4.78, 5) is 14.8. The zero-order valence-electron chi connectivity index (χ0n) is 16.0. The number of halogens is 2. The molecule has 2 aromatic carbocycles. The van der Waals surface area contributed by atoms with Crippen molar-refractivity contribution in [2.45, 2.75) is 20.8 Å². The number of hydrogen-bond donors (Lipinski definition) is 0. The smallest absolute Gasteiger partial charge is 0.258 e. The number of aromatic nitrogens is 1. The molecule has 0 saturated heterocycles. The summed E-state index contributed by atoms with van der Waals surface area (Å²) >= 11 is 12.4. The molecule has 5 heteroatoms. The van der Waals surface area contributed by atoms with Gasteiger partial charge in [0.1, 0.15) is 0 Å². The molecule has 3 aromatic rings. The first kappa shape index (κ1) is 18.9. The molecule has 0 N–H and O–H groups in total. The van der Waals surface area contributed by atoms with Gasteiger partial charge in [-0.15, -0.1) is 0 Å². The van der Waals surface area contributed by atoms with E-state index in [1.165, 1.54) is 0 Å². The van der Waals surface area contributed by atoms with Crippen LogP contribution >= 0.6 is 23.2 Å². The second kappa shape index (κ2) is 7.16. The Kier molecular flexibility index (Phi) is 4.82. The molecule has 0 unspecified atom stereocenters. The molecular weight excluding hydrogens is 391 g/mol. The number of nitrogens with zero attached hydrogens (tertiary/aromatic N) is 2. The molecule has 0 atom stereocenters. The van der Waals surface area contributed by atoms with Gasteiger partial charge in [-0.1, -0.05) is 41.4 Å². The SMILES string of the molecule is CCN1C(=O)/C(=C/c2cc(C)n(-c3cc(Cl)cc(Cl)c3)c2C)c2ccccc21. The summed E-state index contributed by atoms with van der Waals surface area (Å²) in [6.07, 6.45) is 1.99. The van der Waals surface area contributed by atoms with Gasteiger partial charge < -0.3 is 9.47 Å². The summed E-state index contributed by atoms with van der Waals surface area (Å²) in [5.41, 5.74) is 6.66. The number of fused-ring (bicyclic) bond motifs is 1. The molecule has 4 rings (SSSR count). The van der Waals surface area contributed by atoms with E-state index in [0.29, 0.717) is 16.6 Å². The Morgan fingerprint density at radius 3 is 2.36 bits per heavy atom. The van der Waals surface area contributed by atoms with Crippen molar-refractivity contribution >= 4 is 46.4 Å². The van der Waals surface area contributed by atoms with Gasteiger partial charge >= 0.3 is 0 Å². The van der Waals surface area contributed by atoms with Gasteiger partial charge in [-0.3, -0.25) is 4.79 Å². The van der Waals surface area contributed by atoms with Crippen molar-refractivity contribution in [2.24, 2.45) is 0 Å². The highest BCUT2D eigenvalue weighted by atomic mass is 35.5. The van der Waals surface area contributed by atoms with Gasteiger partial charge in [0.05, 0.1) is 5.69 Å². The first-order chi connectivity index (χ1) is 13.4. The van der Waals surface area contributed by atoms with Gasteiger partial charge in [0.15, 0.2) is 0 Å². The predicted octanol–water partition coefficient (Wildman–Crippen LogP) is 6.31. The highest BCUT2D eigenvalue weighted by Crippen LogP contribution is 2.38. The number of carbonyl (C=O) groups excluding carboxylic acids is 1. The fourth-order valence-corrected chi connectivity index (χ4v) is 4.43. The highest BCUT2D eigenvalue weighted by molar-refractivity contribution is 6.36. The van der Waals surface area contributed by atoms with Gasteiger partial charge in [-0.25, -0.2) is 0 Å². The van der Waals surface area contributed by atoms with Gasteiger partial charge in [-0.05, 0) is 62.7 Å². The average molecular weight is 411 g/mol. The second-order valence-corrected chi connectivity index (χ2v) is 7.79. The molecule has 142 valence electrons. The summed E-state index contributed by atoms with van der Waals surface area (Å²) in [5.74, 6) is 0.0410. The summed E-state index contributed by atoms with van der Waals surface area (Å²) in [7, 11) is 0. The van der Waals surface area contributed by atoms with E-state index >= 15 is 0 Å². The first-order valence-corrected chi connectivity index (χ1v) is 9.94. The van der Waals surface area contributed by atoms with E-state index in [-0.39, 0.29) is 5.91 Å². The van der Waals surface area contributed by atoms with Crippen LogP contribution in [0.2, 0.25) is 10.0 Å². The number of benzene rings is 2. The Hall–Kier alpha value is -2.49. The highest BCUT2D eigenvalue weighted by Gasteiger charge is 2.31. The standard InChI is InChI=1S/C23H20Cl2N2O/c1-4-26-22-8-6-5-7-20(22)21(23(26)28)10-16-9-14(2)27(15(16)3)19-12-17(24)11-18(25)13-19/h5-13H,4H2,1-3H3/b21-10+. The fourth-order valence-electron chi connectivity index (χ4n) is 3.92. The third-order valence-corrected chi connectivity index (χ3v) is 5.59. The zero-order valence-corrected chi connectivity index (χ0v) is 17.5. The van der Waals surface area contributed by atoms with Crippen LogP contribution in [0.15, 0.2) is 48.5 Å². The molecule has 0 radical (unpaired) electrons. The Morgan fingerprint density at radius 1 is 1.00 bits per heavy atom. The minimum atomic E-state index is 0.0410. The predicted molar refractivity (Wildman–Crippen MR) is 118 cm³/mol. The number of hydrogen-bond acceptors (Lipinski definition) is 1. The Balaban J connectivity index is 1.85. The van der Waals surface area contributed by atoms with Crippen molar-refractivity contribution in [2.75, 3.05) is 11.4 Å². The summed E-state index contributed by atoms with van der Waals surface area (Å²) < 4.78 is 2.10. The van der Waals surface area contributed by atoms with E-state index < -0.39 is 0 Å². The van der Waals surface area contributed by atoms with E-state index in [1.54, 1.807) is 6.07 Å². The molecule has 0 spiro atoms. The van der Waals surface area contributed by atoms with Crippen LogP contribution in [0.1, 0.15) is 29.4 Å². The molecule has 0 aliphatic carbocycles. The molecular formula is C23H20Cl2N2O. The lowest BCUT2D eigenvalue weighted by Crippen LogP contribution is -2.25. The van der Waals surface area contributed by atoms with Crippen LogP contribution in [-0.2, 0) is 4.79 Å². The van der Waals surface area contributed by atoms with Gasteiger partial charge in [-0.2, -0.15) is 0 Å². The van der Waals surface area contributed by atoms with Crippen LogP contribution in [0.25, 0.3) is 17.3 Å². The van der Waals surface area contributed by atoms with Crippen LogP contribution in [0.5, 0.6) is 0 Å². The van der Waals surface area contributed by atoms with E-state index in [9.17, 15) is 4.79 Å². The van der Waals surface area contributed by atoms with Crippen molar-refractivity contribution in [3.05, 3.63) is 81.1 Å². The summed E-state index contributed by atoms with van der Waals surface area (Å²) in [6.45, 7) is 6.71.